The van der Waals surface area contributed by atoms with Crippen LogP contribution in [0.5, 0.6) is 0 Å². The van der Waals surface area contributed by atoms with E-state index in [2.05, 4.69) is 17.4 Å². The van der Waals surface area contributed by atoms with Crippen LogP contribution < -0.4 is 5.32 Å². The molecule has 2 heterocycles. The molecule has 1 aromatic rings. The lowest BCUT2D eigenvalue weighted by molar-refractivity contribution is -0.166. The molecule has 2 unspecified atom stereocenters. The highest BCUT2D eigenvalue weighted by Gasteiger charge is 2.44. The fourth-order valence-electron chi connectivity index (χ4n) is 4.51. The van der Waals surface area contributed by atoms with Crippen LogP contribution in [0.4, 0.5) is 0 Å². The van der Waals surface area contributed by atoms with Gasteiger partial charge in [0.15, 0.2) is 0 Å². The van der Waals surface area contributed by atoms with Gasteiger partial charge in [-0.25, -0.2) is 0 Å². The number of nitrogens with one attached hydrogen (secondary N) is 1. The minimum atomic E-state index is -0.647. The maximum absolute atomic E-state index is 13.4. The van der Waals surface area contributed by atoms with Crippen molar-refractivity contribution in [2.45, 2.75) is 57.6 Å². The Morgan fingerprint density at radius 2 is 1.87 bits per heavy atom. The number of esters is 2. The van der Waals surface area contributed by atoms with Crippen LogP contribution in [-0.4, -0.2) is 61.1 Å². The lowest BCUT2D eigenvalue weighted by Crippen LogP contribution is -2.57. The van der Waals surface area contributed by atoms with Gasteiger partial charge in [0, 0.05) is 25.4 Å². The monoisotopic (exact) mass is 430 g/mol. The zero-order valence-electron chi connectivity index (χ0n) is 18.9. The number of carbonyl (C=O) groups excluding carboxylic acids is 3. The zero-order chi connectivity index (χ0) is 22.6. The smallest absolute Gasteiger partial charge is 0.311 e. The number of ether oxygens (including phenoxy) is 2. The number of carbonyl (C=O) groups is 3. The third kappa shape index (κ3) is 6.06. The number of benzene rings is 1. The summed E-state index contributed by atoms with van der Waals surface area (Å²) in [5.41, 5.74) is 0.586. The van der Waals surface area contributed by atoms with Gasteiger partial charge in [-0.15, -0.1) is 0 Å². The second-order valence-electron chi connectivity index (χ2n) is 9.59. The summed E-state index contributed by atoms with van der Waals surface area (Å²) in [6.45, 7) is 7.25. The van der Waals surface area contributed by atoms with E-state index in [1.165, 1.54) is 12.7 Å². The molecular formula is C24H34N2O5. The molecule has 0 bridgehead atoms. The normalized spacial score (nSPS) is 26.4. The third-order valence-electron chi connectivity index (χ3n) is 6.05. The fourth-order valence-corrected chi connectivity index (χ4v) is 4.51. The molecular weight excluding hydrogens is 396 g/mol. The van der Waals surface area contributed by atoms with Gasteiger partial charge in [-0.3, -0.25) is 14.4 Å². The predicted molar refractivity (Wildman–Crippen MR) is 116 cm³/mol. The molecule has 7 heteroatoms. The quantitative estimate of drug-likeness (QED) is 0.723. The molecule has 0 radical (unpaired) electrons. The molecule has 1 N–H and O–H groups in total. The van der Waals surface area contributed by atoms with Crippen LogP contribution in [0.1, 0.15) is 51.5 Å². The van der Waals surface area contributed by atoms with Crippen molar-refractivity contribution >= 4 is 17.8 Å². The molecule has 2 saturated heterocycles. The van der Waals surface area contributed by atoms with E-state index in [0.29, 0.717) is 32.0 Å². The van der Waals surface area contributed by atoms with E-state index in [4.69, 9.17) is 9.47 Å². The molecule has 1 aromatic carbocycles. The Morgan fingerprint density at radius 1 is 1.16 bits per heavy atom. The SMILES string of the molecule is COC(=O)CC1CN[C@H](C(=O)N2CCC(c3ccccc3)C2)[C@@H](C(=O)OC(C)(C)C)C1. The molecule has 170 valence electrons. The summed E-state index contributed by atoms with van der Waals surface area (Å²) in [5, 5.41) is 3.25. The molecule has 0 spiro atoms. The van der Waals surface area contributed by atoms with Crippen LogP contribution in [0, 0.1) is 11.8 Å². The van der Waals surface area contributed by atoms with Gasteiger partial charge in [-0.2, -0.15) is 0 Å². The van der Waals surface area contributed by atoms with Gasteiger partial charge in [-0.1, -0.05) is 30.3 Å². The van der Waals surface area contributed by atoms with E-state index in [0.717, 1.165) is 6.42 Å². The first-order valence-electron chi connectivity index (χ1n) is 11.0. The van der Waals surface area contributed by atoms with E-state index < -0.39 is 23.5 Å². The molecule has 2 aliphatic heterocycles. The second-order valence-corrected chi connectivity index (χ2v) is 9.59. The van der Waals surface area contributed by atoms with Crippen LogP contribution >= 0.6 is 0 Å². The Balaban J connectivity index is 1.71. The maximum Gasteiger partial charge on any atom is 0.311 e. The summed E-state index contributed by atoms with van der Waals surface area (Å²) in [6.07, 6.45) is 1.54. The van der Waals surface area contributed by atoms with Gasteiger partial charge < -0.3 is 19.7 Å². The lowest BCUT2D eigenvalue weighted by Gasteiger charge is -2.37. The van der Waals surface area contributed by atoms with E-state index in [1.807, 2.05) is 43.9 Å². The summed E-state index contributed by atoms with van der Waals surface area (Å²) in [6, 6.07) is 9.57. The van der Waals surface area contributed by atoms with Crippen LogP contribution in [0.25, 0.3) is 0 Å². The van der Waals surface area contributed by atoms with Crippen molar-refractivity contribution in [3.8, 4) is 0 Å². The van der Waals surface area contributed by atoms with Gasteiger partial charge in [0.05, 0.1) is 13.0 Å². The standard InChI is InChI=1S/C24H34N2O5/c1-24(2,3)31-23(29)19-12-16(13-20(27)30-4)14-25-21(19)22(28)26-11-10-18(15-26)17-8-6-5-7-9-17/h5-9,16,18-19,21,25H,10-15H2,1-4H3/t16?,18?,19-,21-/m0/s1. The fraction of sp³-hybridized carbons (Fsp3) is 0.625. The van der Waals surface area contributed by atoms with E-state index >= 15 is 0 Å². The van der Waals surface area contributed by atoms with E-state index in [-0.39, 0.29) is 24.2 Å². The third-order valence-corrected chi connectivity index (χ3v) is 6.05. The zero-order valence-corrected chi connectivity index (χ0v) is 18.9. The first kappa shape index (κ1) is 23.3. The molecule has 7 nitrogen and oxygen atoms in total. The number of hydrogen-bond acceptors (Lipinski definition) is 6. The Labute approximate surface area is 184 Å². The number of hydrogen-bond donors (Lipinski definition) is 1. The van der Waals surface area contributed by atoms with Gasteiger partial charge in [0.2, 0.25) is 5.91 Å². The van der Waals surface area contributed by atoms with Crippen molar-refractivity contribution in [2.24, 2.45) is 11.8 Å². The number of rotatable bonds is 5. The Bertz CT molecular complexity index is 789. The number of methoxy groups -OCH3 is 1. The molecule has 31 heavy (non-hydrogen) atoms. The molecule has 2 fully saturated rings. The summed E-state index contributed by atoms with van der Waals surface area (Å²) < 4.78 is 10.4. The second kappa shape index (κ2) is 9.81. The average Bonchev–Trinajstić information content (AvgIpc) is 3.23. The maximum atomic E-state index is 13.4. The topological polar surface area (TPSA) is 84.9 Å². The molecule has 1 amide bonds. The van der Waals surface area contributed by atoms with Crippen LogP contribution in [0.2, 0.25) is 0 Å². The summed E-state index contributed by atoms with van der Waals surface area (Å²) in [5.74, 6) is -1.18. The number of piperidine rings is 1. The number of amides is 1. The van der Waals surface area contributed by atoms with E-state index in [9.17, 15) is 14.4 Å². The summed E-state index contributed by atoms with van der Waals surface area (Å²) in [4.78, 5) is 40.0. The Kier molecular flexibility index (Phi) is 7.36. The lowest BCUT2D eigenvalue weighted by atomic mass is 9.82. The van der Waals surface area contributed by atoms with Crippen molar-refractivity contribution in [2.75, 3.05) is 26.7 Å². The number of nitrogens with zero attached hydrogens (tertiary/aromatic N) is 1. The van der Waals surface area contributed by atoms with Gasteiger partial charge in [0.1, 0.15) is 11.6 Å². The van der Waals surface area contributed by atoms with Crippen molar-refractivity contribution in [3.63, 3.8) is 0 Å². The van der Waals surface area contributed by atoms with Crippen LogP contribution in [-0.2, 0) is 23.9 Å². The predicted octanol–water partition coefficient (Wildman–Crippen LogP) is 2.50. The highest BCUT2D eigenvalue weighted by molar-refractivity contribution is 5.89. The molecule has 0 aliphatic carbocycles. The first-order chi connectivity index (χ1) is 14.7. The van der Waals surface area contributed by atoms with Crippen molar-refractivity contribution in [1.82, 2.24) is 10.2 Å². The first-order valence-corrected chi connectivity index (χ1v) is 11.0. The van der Waals surface area contributed by atoms with E-state index in [1.54, 1.807) is 0 Å². The minimum absolute atomic E-state index is 0.0641. The van der Waals surface area contributed by atoms with Gasteiger partial charge >= 0.3 is 11.9 Å². The summed E-state index contributed by atoms with van der Waals surface area (Å²) in [7, 11) is 1.35. The molecule has 0 saturated carbocycles. The Hall–Kier alpha value is -2.41. The largest absolute Gasteiger partial charge is 0.469 e. The Morgan fingerprint density at radius 3 is 2.52 bits per heavy atom. The minimum Gasteiger partial charge on any atom is -0.469 e. The number of likely N-dealkylation sites (tertiary alicyclic amines) is 1. The highest BCUT2D eigenvalue weighted by atomic mass is 16.6. The molecule has 2 aliphatic rings. The average molecular weight is 431 g/mol. The van der Waals surface area contributed by atoms with Crippen molar-refractivity contribution < 1.29 is 23.9 Å². The van der Waals surface area contributed by atoms with Crippen molar-refractivity contribution in [3.05, 3.63) is 35.9 Å². The molecule has 0 aromatic heterocycles. The van der Waals surface area contributed by atoms with Gasteiger partial charge in [-0.05, 0) is 51.6 Å². The highest BCUT2D eigenvalue weighted by Crippen LogP contribution is 2.31. The van der Waals surface area contributed by atoms with Crippen LogP contribution in [0.15, 0.2) is 30.3 Å². The van der Waals surface area contributed by atoms with Crippen molar-refractivity contribution in [1.29, 1.82) is 0 Å². The van der Waals surface area contributed by atoms with Crippen LogP contribution in [0.3, 0.4) is 0 Å². The summed E-state index contributed by atoms with van der Waals surface area (Å²) >= 11 is 0. The molecule has 4 atom stereocenters. The molecule has 3 rings (SSSR count). The van der Waals surface area contributed by atoms with Gasteiger partial charge in [0.25, 0.3) is 0 Å².